The van der Waals surface area contributed by atoms with Gasteiger partial charge in [0.25, 0.3) is 5.91 Å². The van der Waals surface area contributed by atoms with Gasteiger partial charge in [0, 0.05) is 30.7 Å². The molecule has 7 heteroatoms. The second-order valence-electron chi connectivity index (χ2n) is 7.74. The first-order valence-electron chi connectivity index (χ1n) is 9.93. The van der Waals surface area contributed by atoms with Gasteiger partial charge in [0.1, 0.15) is 5.58 Å². The van der Waals surface area contributed by atoms with Crippen LogP contribution in [-0.2, 0) is 4.79 Å². The van der Waals surface area contributed by atoms with Crippen LogP contribution in [0.3, 0.4) is 0 Å². The maximum Gasteiger partial charge on any atom is 0.290 e. The number of fused-ring (bicyclic) bond motifs is 1. The smallest absolute Gasteiger partial charge is 0.290 e. The van der Waals surface area contributed by atoms with Gasteiger partial charge in [0.05, 0.1) is 32.3 Å². The molecule has 1 aliphatic heterocycles. The van der Waals surface area contributed by atoms with Crippen LogP contribution < -0.4 is 4.90 Å². The van der Waals surface area contributed by atoms with Gasteiger partial charge in [0.15, 0.2) is 11.5 Å². The highest BCUT2D eigenvalue weighted by Gasteiger charge is 2.44. The summed E-state index contributed by atoms with van der Waals surface area (Å²) in [5.41, 5.74) is 1.28. The highest BCUT2D eigenvalue weighted by Crippen LogP contribution is 2.39. The molecule has 0 unspecified atom stereocenters. The molecule has 2 aromatic heterocycles. The average Bonchev–Trinajstić information content (AvgIpc) is 3.28. The van der Waals surface area contributed by atoms with Crippen molar-refractivity contribution in [3.63, 3.8) is 0 Å². The lowest BCUT2D eigenvalue weighted by Gasteiger charge is -2.26. The molecule has 1 amide bonds. The van der Waals surface area contributed by atoms with Crippen LogP contribution in [0.15, 0.2) is 70.6 Å². The average molecular weight is 406 g/mol. The topological polar surface area (TPSA) is 88.1 Å². The first-order chi connectivity index (χ1) is 14.5. The highest BCUT2D eigenvalue weighted by molar-refractivity contribution is 6.15. The maximum absolute atomic E-state index is 13.4. The molecular formula is C23H24N3O4+. The minimum atomic E-state index is -0.705. The van der Waals surface area contributed by atoms with Gasteiger partial charge in [-0.05, 0) is 23.8 Å². The number of rotatable bonds is 7. The van der Waals surface area contributed by atoms with Gasteiger partial charge < -0.3 is 19.3 Å². The molecule has 0 aliphatic carbocycles. The Morgan fingerprint density at radius 3 is 2.73 bits per heavy atom. The van der Waals surface area contributed by atoms with Crippen molar-refractivity contribution < 1.29 is 24.0 Å². The summed E-state index contributed by atoms with van der Waals surface area (Å²) in [6, 6.07) is 11.8. The van der Waals surface area contributed by atoms with Gasteiger partial charge in [0.2, 0.25) is 5.78 Å². The van der Waals surface area contributed by atoms with E-state index >= 15 is 0 Å². The van der Waals surface area contributed by atoms with Crippen LogP contribution in [0, 0.1) is 0 Å². The number of hydrogen-bond donors (Lipinski definition) is 2. The number of aliphatic hydroxyl groups excluding tert-OH is 1. The zero-order valence-electron chi connectivity index (χ0n) is 17.0. The van der Waals surface area contributed by atoms with Crippen LogP contribution in [0.5, 0.6) is 0 Å². The molecule has 0 saturated heterocycles. The summed E-state index contributed by atoms with van der Waals surface area (Å²) in [5, 5.41) is 11.5. The molecule has 7 nitrogen and oxygen atoms in total. The first kappa shape index (κ1) is 19.8. The molecule has 1 aliphatic rings. The number of carbonyl (C=O) groups is 2. The predicted octanol–water partition coefficient (Wildman–Crippen LogP) is 1.94. The largest absolute Gasteiger partial charge is 0.503 e. The lowest BCUT2D eigenvalue weighted by atomic mass is 9.96. The summed E-state index contributed by atoms with van der Waals surface area (Å²) in [6.07, 6.45) is 3.99. The summed E-state index contributed by atoms with van der Waals surface area (Å²) >= 11 is 0. The third kappa shape index (κ3) is 3.59. The number of carbonyl (C=O) groups excluding carboxylic acids is 2. The van der Waals surface area contributed by atoms with E-state index in [4.69, 9.17) is 4.42 Å². The standard InChI is InChI=1S/C23H23N3O4/c1-25(2)11-6-12-26-20(16-8-5-10-24-14-16)19(22(28)23(26)29)21(27)18-13-15-7-3-4-9-17(15)30-18/h3-5,7-10,13-14,20,28H,6,11-12H2,1-2H3/p+1/t20-/m0/s1. The molecule has 0 radical (unpaired) electrons. The van der Waals surface area contributed by atoms with Crippen molar-refractivity contribution in [2.24, 2.45) is 0 Å². The van der Waals surface area contributed by atoms with Gasteiger partial charge in [-0.3, -0.25) is 14.6 Å². The van der Waals surface area contributed by atoms with E-state index in [1.165, 1.54) is 4.90 Å². The van der Waals surface area contributed by atoms with E-state index in [9.17, 15) is 14.7 Å². The van der Waals surface area contributed by atoms with Crippen LogP contribution >= 0.6 is 0 Å². The Labute approximate surface area is 174 Å². The van der Waals surface area contributed by atoms with Crippen LogP contribution in [0.4, 0.5) is 0 Å². The predicted molar refractivity (Wildman–Crippen MR) is 111 cm³/mol. The molecule has 3 aromatic rings. The Morgan fingerprint density at radius 2 is 2.03 bits per heavy atom. The third-order valence-corrected chi connectivity index (χ3v) is 5.27. The number of quaternary nitrogens is 1. The maximum atomic E-state index is 13.4. The summed E-state index contributed by atoms with van der Waals surface area (Å²) < 4.78 is 5.71. The number of pyridine rings is 1. The van der Waals surface area contributed by atoms with Crippen molar-refractivity contribution in [2.45, 2.75) is 12.5 Å². The Morgan fingerprint density at radius 1 is 1.23 bits per heavy atom. The number of nitrogens with zero attached hydrogens (tertiary/aromatic N) is 2. The van der Waals surface area contributed by atoms with Crippen molar-refractivity contribution in [1.29, 1.82) is 0 Å². The summed E-state index contributed by atoms with van der Waals surface area (Å²) in [5.74, 6) is -1.46. The fourth-order valence-corrected chi connectivity index (χ4v) is 3.83. The zero-order valence-corrected chi connectivity index (χ0v) is 17.0. The molecule has 2 N–H and O–H groups in total. The SMILES string of the molecule is C[NH+](C)CCCN1C(=O)C(O)=C(C(=O)c2cc3ccccc3o2)[C@@H]1c1cccnc1. The number of furan rings is 1. The lowest BCUT2D eigenvalue weighted by molar-refractivity contribution is -0.858. The molecule has 1 aromatic carbocycles. The Hall–Kier alpha value is -3.45. The zero-order chi connectivity index (χ0) is 21.3. The van der Waals surface area contributed by atoms with E-state index in [0.717, 1.165) is 18.4 Å². The van der Waals surface area contributed by atoms with Crippen molar-refractivity contribution in [2.75, 3.05) is 27.2 Å². The molecule has 30 heavy (non-hydrogen) atoms. The number of para-hydroxylation sites is 1. The lowest BCUT2D eigenvalue weighted by Crippen LogP contribution is -3.05. The molecular weight excluding hydrogens is 382 g/mol. The van der Waals surface area contributed by atoms with E-state index in [1.54, 1.807) is 41.6 Å². The first-order valence-corrected chi connectivity index (χ1v) is 9.93. The van der Waals surface area contributed by atoms with Crippen molar-refractivity contribution in [3.8, 4) is 0 Å². The quantitative estimate of drug-likeness (QED) is 0.586. The second-order valence-corrected chi connectivity index (χ2v) is 7.74. The van der Waals surface area contributed by atoms with Crippen molar-refractivity contribution in [1.82, 2.24) is 9.88 Å². The van der Waals surface area contributed by atoms with Crippen LogP contribution in [0.25, 0.3) is 11.0 Å². The van der Waals surface area contributed by atoms with E-state index in [-0.39, 0.29) is 11.3 Å². The minimum Gasteiger partial charge on any atom is -0.503 e. The summed E-state index contributed by atoms with van der Waals surface area (Å²) in [4.78, 5) is 33.2. The Bertz CT molecular complexity index is 1080. The fraction of sp³-hybridized carbons (Fsp3) is 0.261. The number of ketones is 1. The molecule has 154 valence electrons. The highest BCUT2D eigenvalue weighted by atomic mass is 16.3. The van der Waals surface area contributed by atoms with E-state index in [1.807, 2.05) is 32.3 Å². The number of Topliss-reactive ketones (excluding diaryl/α,β-unsaturated/α-hetero) is 1. The minimum absolute atomic E-state index is 0.0317. The Balaban J connectivity index is 1.73. The summed E-state index contributed by atoms with van der Waals surface area (Å²) in [6.45, 7) is 1.28. The molecule has 0 fully saturated rings. The van der Waals surface area contributed by atoms with Gasteiger partial charge in [-0.25, -0.2) is 0 Å². The molecule has 3 heterocycles. The van der Waals surface area contributed by atoms with E-state index in [2.05, 4.69) is 4.98 Å². The van der Waals surface area contributed by atoms with Crippen molar-refractivity contribution >= 4 is 22.7 Å². The molecule has 0 spiro atoms. The molecule has 1 atom stereocenters. The second kappa shape index (κ2) is 8.12. The number of nitrogens with one attached hydrogen (secondary N) is 1. The normalized spacial score (nSPS) is 16.8. The molecule has 0 bridgehead atoms. The van der Waals surface area contributed by atoms with Gasteiger partial charge >= 0.3 is 0 Å². The molecule has 0 saturated carbocycles. The third-order valence-electron chi connectivity index (χ3n) is 5.27. The number of hydrogen-bond acceptors (Lipinski definition) is 5. The number of benzene rings is 1. The van der Waals surface area contributed by atoms with Crippen LogP contribution in [-0.4, -0.2) is 53.9 Å². The number of amides is 1. The van der Waals surface area contributed by atoms with E-state index in [0.29, 0.717) is 17.7 Å². The van der Waals surface area contributed by atoms with Crippen molar-refractivity contribution in [3.05, 3.63) is 77.5 Å². The fourth-order valence-electron chi connectivity index (χ4n) is 3.83. The number of aromatic nitrogens is 1. The van der Waals surface area contributed by atoms with Gasteiger partial charge in [-0.2, -0.15) is 0 Å². The monoisotopic (exact) mass is 406 g/mol. The Kier molecular flexibility index (Phi) is 5.37. The number of aliphatic hydroxyl groups is 1. The van der Waals surface area contributed by atoms with Gasteiger partial charge in [-0.15, -0.1) is 0 Å². The van der Waals surface area contributed by atoms with Crippen LogP contribution in [0.2, 0.25) is 0 Å². The molecule has 4 rings (SSSR count). The van der Waals surface area contributed by atoms with Gasteiger partial charge in [-0.1, -0.05) is 24.3 Å². The summed E-state index contributed by atoms with van der Waals surface area (Å²) in [7, 11) is 4.08. The van der Waals surface area contributed by atoms with Crippen LogP contribution in [0.1, 0.15) is 28.6 Å². The van der Waals surface area contributed by atoms with E-state index < -0.39 is 23.5 Å².